The van der Waals surface area contributed by atoms with E-state index in [9.17, 15) is 19.2 Å². The lowest BCUT2D eigenvalue weighted by Gasteiger charge is -2.28. The molecule has 4 amide bonds. The topological polar surface area (TPSA) is 127 Å². The Balaban J connectivity index is 1.29. The van der Waals surface area contributed by atoms with Gasteiger partial charge in [0.2, 0.25) is 17.5 Å². The van der Waals surface area contributed by atoms with E-state index in [1.165, 1.54) is 9.80 Å². The molecule has 4 saturated heterocycles. The molecule has 0 spiro atoms. The minimum Gasteiger partial charge on any atom is -0.444 e. The highest BCUT2D eigenvalue weighted by Gasteiger charge is 2.54. The number of ether oxygens (including phenoxy) is 3. The average molecular weight is 485 g/mol. The van der Waals surface area contributed by atoms with Gasteiger partial charge in [-0.2, -0.15) is 0 Å². The lowest BCUT2D eigenvalue weighted by Crippen LogP contribution is -2.50. The molecule has 2 N–H and O–H groups in total. The number of amides is 4. The van der Waals surface area contributed by atoms with Gasteiger partial charge in [-0.25, -0.2) is 9.18 Å². The maximum Gasteiger partial charge on any atom is 0.410 e. The number of halogens is 1. The van der Waals surface area contributed by atoms with E-state index in [1.54, 1.807) is 20.8 Å². The van der Waals surface area contributed by atoms with Crippen molar-refractivity contribution in [3.8, 4) is 0 Å². The maximum atomic E-state index is 15.6. The molecular formula is C22H33FN4O7. The van der Waals surface area contributed by atoms with Crippen LogP contribution in [0.5, 0.6) is 0 Å². The van der Waals surface area contributed by atoms with Crippen LogP contribution in [0.2, 0.25) is 0 Å². The fourth-order valence-electron chi connectivity index (χ4n) is 4.87. The van der Waals surface area contributed by atoms with E-state index in [0.29, 0.717) is 6.54 Å². The largest absolute Gasteiger partial charge is 0.444 e. The molecule has 0 radical (unpaired) electrons. The third-order valence-corrected chi connectivity index (χ3v) is 6.68. The Morgan fingerprint density at radius 3 is 2.68 bits per heavy atom. The van der Waals surface area contributed by atoms with E-state index >= 15 is 4.39 Å². The molecule has 0 aromatic rings. The van der Waals surface area contributed by atoms with Gasteiger partial charge in [0.25, 0.3) is 5.91 Å². The Labute approximate surface area is 197 Å². The number of carbonyl (C=O) groups is 4. The van der Waals surface area contributed by atoms with E-state index in [2.05, 4.69) is 10.6 Å². The van der Waals surface area contributed by atoms with Crippen LogP contribution in [-0.2, 0) is 28.6 Å². The molecular weight excluding hydrogens is 451 g/mol. The number of likely N-dealkylation sites (tertiary alicyclic amines) is 2. The summed E-state index contributed by atoms with van der Waals surface area (Å²) in [6, 6.07) is 0. The minimum absolute atomic E-state index is 0.0365. The molecule has 12 heteroatoms. The van der Waals surface area contributed by atoms with Crippen LogP contribution in [-0.4, -0.2) is 110 Å². The summed E-state index contributed by atoms with van der Waals surface area (Å²) < 4.78 is 32.0. The van der Waals surface area contributed by atoms with E-state index in [-0.39, 0.29) is 82.3 Å². The van der Waals surface area contributed by atoms with Crippen LogP contribution in [0.4, 0.5) is 9.18 Å². The van der Waals surface area contributed by atoms with Gasteiger partial charge in [0.05, 0.1) is 31.3 Å². The third-order valence-electron chi connectivity index (χ3n) is 6.68. The van der Waals surface area contributed by atoms with Crippen LogP contribution in [0.15, 0.2) is 0 Å². The van der Waals surface area contributed by atoms with Crippen LogP contribution in [0.1, 0.15) is 27.2 Å². The highest BCUT2D eigenvalue weighted by atomic mass is 19.1. The van der Waals surface area contributed by atoms with Crippen molar-refractivity contribution in [3.05, 3.63) is 0 Å². The van der Waals surface area contributed by atoms with Gasteiger partial charge in [-0.1, -0.05) is 0 Å². The van der Waals surface area contributed by atoms with E-state index in [1.807, 2.05) is 0 Å². The standard InChI is InChI=1S/C22H33FN4O7/c1-21(2,3)34-20(31)26-5-4-22(23,12-26)19(30)27-8-14-15(10-33-16(14)9-27)18(29)25-7-13-6-24-17(28)11-32-13/h13-16H,4-12H2,1-3H3,(H,24,28)(H,25,29)/t13-,14+,15-,16+,22-/m0/s1. The lowest BCUT2D eigenvalue weighted by atomic mass is 9.92. The number of carbonyl (C=O) groups excluding carboxylic acids is 4. The predicted molar refractivity (Wildman–Crippen MR) is 115 cm³/mol. The Morgan fingerprint density at radius 1 is 1.24 bits per heavy atom. The van der Waals surface area contributed by atoms with E-state index in [0.717, 1.165) is 0 Å². The molecule has 4 rings (SSSR count). The number of morpholine rings is 1. The Bertz CT molecular complexity index is 840. The maximum absolute atomic E-state index is 15.6. The summed E-state index contributed by atoms with van der Waals surface area (Å²) in [4.78, 5) is 51.9. The van der Waals surface area contributed by atoms with Gasteiger partial charge in [-0.3, -0.25) is 14.4 Å². The van der Waals surface area contributed by atoms with Gasteiger partial charge in [-0.15, -0.1) is 0 Å². The van der Waals surface area contributed by atoms with Crippen molar-refractivity contribution in [3.63, 3.8) is 0 Å². The second-order valence-electron chi connectivity index (χ2n) is 10.5. The summed E-state index contributed by atoms with van der Waals surface area (Å²) >= 11 is 0. The van der Waals surface area contributed by atoms with Crippen molar-refractivity contribution < 1.29 is 37.8 Å². The monoisotopic (exact) mass is 484 g/mol. The lowest BCUT2D eigenvalue weighted by molar-refractivity contribution is -0.143. The van der Waals surface area contributed by atoms with Crippen molar-refractivity contribution in [2.75, 3.05) is 52.5 Å². The minimum atomic E-state index is -2.18. The molecule has 34 heavy (non-hydrogen) atoms. The number of hydrogen-bond donors (Lipinski definition) is 2. The predicted octanol–water partition coefficient (Wildman–Crippen LogP) is -0.560. The van der Waals surface area contributed by atoms with Crippen LogP contribution < -0.4 is 10.6 Å². The molecule has 0 aliphatic carbocycles. The average Bonchev–Trinajstić information content (AvgIpc) is 3.46. The zero-order chi connectivity index (χ0) is 24.7. The molecule has 0 aromatic heterocycles. The summed E-state index contributed by atoms with van der Waals surface area (Å²) in [5.41, 5.74) is -2.89. The molecule has 0 aromatic carbocycles. The summed E-state index contributed by atoms with van der Waals surface area (Å²) in [5, 5.41) is 5.51. The molecule has 4 heterocycles. The summed E-state index contributed by atoms with van der Waals surface area (Å²) in [6.07, 6.45) is -1.38. The van der Waals surface area contributed by atoms with Crippen LogP contribution in [0, 0.1) is 11.8 Å². The molecule has 4 fully saturated rings. The fourth-order valence-corrected chi connectivity index (χ4v) is 4.87. The quantitative estimate of drug-likeness (QED) is 0.548. The molecule has 0 bridgehead atoms. The smallest absolute Gasteiger partial charge is 0.410 e. The number of alkyl halides is 1. The van der Waals surface area contributed by atoms with Gasteiger partial charge in [0.1, 0.15) is 12.2 Å². The van der Waals surface area contributed by atoms with Crippen molar-refractivity contribution in [2.45, 2.75) is 50.7 Å². The highest BCUT2D eigenvalue weighted by Crippen LogP contribution is 2.37. The van der Waals surface area contributed by atoms with Gasteiger partial charge in [0, 0.05) is 45.1 Å². The molecule has 190 valence electrons. The normalized spacial score (nSPS) is 33.5. The summed E-state index contributed by atoms with van der Waals surface area (Å²) in [7, 11) is 0. The highest BCUT2D eigenvalue weighted by molar-refractivity contribution is 5.87. The Hall–Kier alpha value is -2.47. The fraction of sp³-hybridized carbons (Fsp3) is 0.818. The number of nitrogens with one attached hydrogen (secondary N) is 2. The molecule has 5 atom stereocenters. The summed E-state index contributed by atoms with van der Waals surface area (Å²) in [6.45, 7) is 6.14. The second-order valence-corrected chi connectivity index (χ2v) is 10.5. The molecule has 11 nitrogen and oxygen atoms in total. The van der Waals surface area contributed by atoms with Crippen LogP contribution in [0.3, 0.4) is 0 Å². The number of hydrogen-bond acceptors (Lipinski definition) is 7. The van der Waals surface area contributed by atoms with Crippen LogP contribution in [0.25, 0.3) is 0 Å². The summed E-state index contributed by atoms with van der Waals surface area (Å²) in [5.74, 6) is -1.77. The van der Waals surface area contributed by atoms with Gasteiger partial charge in [-0.05, 0) is 20.8 Å². The van der Waals surface area contributed by atoms with Gasteiger partial charge in [0.15, 0.2) is 0 Å². The first-order valence-electron chi connectivity index (χ1n) is 11.7. The molecule has 0 saturated carbocycles. The second kappa shape index (κ2) is 9.29. The van der Waals surface area contributed by atoms with Crippen molar-refractivity contribution in [1.29, 1.82) is 0 Å². The number of fused-ring (bicyclic) bond motifs is 1. The Morgan fingerprint density at radius 2 is 2.00 bits per heavy atom. The molecule has 4 aliphatic rings. The zero-order valence-electron chi connectivity index (χ0n) is 19.8. The number of nitrogens with zero attached hydrogens (tertiary/aromatic N) is 2. The molecule has 4 aliphatic heterocycles. The zero-order valence-corrected chi connectivity index (χ0v) is 19.8. The number of rotatable bonds is 4. The first-order chi connectivity index (χ1) is 15.9. The van der Waals surface area contributed by atoms with Crippen LogP contribution >= 0.6 is 0 Å². The first kappa shape index (κ1) is 24.6. The molecule has 0 unspecified atom stereocenters. The van der Waals surface area contributed by atoms with Crippen molar-refractivity contribution in [1.82, 2.24) is 20.4 Å². The SMILES string of the molecule is CC(C)(C)OC(=O)N1CC[C@@](F)(C(=O)N2C[C@@H]3[C@@H](C(=O)NC[C@@H]4CNC(=O)CO4)CO[C@@H]3C2)C1. The van der Waals surface area contributed by atoms with Crippen molar-refractivity contribution >= 4 is 23.8 Å². The van der Waals surface area contributed by atoms with Gasteiger partial charge < -0.3 is 34.6 Å². The third kappa shape index (κ3) is 5.27. The van der Waals surface area contributed by atoms with E-state index in [4.69, 9.17) is 14.2 Å². The Kier molecular flexibility index (Phi) is 6.74. The first-order valence-corrected chi connectivity index (χ1v) is 11.7. The van der Waals surface area contributed by atoms with E-state index < -0.39 is 29.2 Å². The van der Waals surface area contributed by atoms with Gasteiger partial charge >= 0.3 is 6.09 Å². The van der Waals surface area contributed by atoms with Crippen molar-refractivity contribution in [2.24, 2.45) is 11.8 Å².